The smallest absolute Gasteiger partial charge is 0.355 e. The number of aryl methyl sites for hydroxylation is 1. The van der Waals surface area contributed by atoms with Crippen molar-refractivity contribution in [3.63, 3.8) is 0 Å². The van der Waals surface area contributed by atoms with E-state index >= 15 is 0 Å². The maximum atomic E-state index is 12.7. The van der Waals surface area contributed by atoms with Crippen molar-refractivity contribution in [1.29, 1.82) is 0 Å². The molecule has 3 rings (SSSR count). The van der Waals surface area contributed by atoms with Crippen molar-refractivity contribution in [2.45, 2.75) is 6.92 Å². The molecule has 6 nitrogen and oxygen atoms in total. The molecular weight excluding hydrogens is 382 g/mol. The molecule has 6 heteroatoms. The number of anilines is 1. The second-order valence-electron chi connectivity index (χ2n) is 6.52. The van der Waals surface area contributed by atoms with Gasteiger partial charge in [0, 0.05) is 6.20 Å². The SMILES string of the molecule is COC(=O)C1=C(C(=O)OC)N(c2cc(C)c(-c3ccccc3)cc2OC)C=CC=C1. The number of hydrogen-bond donors (Lipinski definition) is 0. The summed E-state index contributed by atoms with van der Waals surface area (Å²) in [6.45, 7) is 1.98. The summed E-state index contributed by atoms with van der Waals surface area (Å²) in [6, 6.07) is 13.8. The van der Waals surface area contributed by atoms with Gasteiger partial charge in [0.25, 0.3) is 0 Å². The van der Waals surface area contributed by atoms with Gasteiger partial charge < -0.3 is 19.1 Å². The summed E-state index contributed by atoms with van der Waals surface area (Å²) in [6.07, 6.45) is 6.58. The number of hydrogen-bond acceptors (Lipinski definition) is 6. The van der Waals surface area contributed by atoms with Crippen LogP contribution >= 0.6 is 0 Å². The molecule has 0 atom stereocenters. The van der Waals surface area contributed by atoms with Crippen LogP contribution in [0.25, 0.3) is 11.1 Å². The first-order valence-electron chi connectivity index (χ1n) is 9.30. The van der Waals surface area contributed by atoms with E-state index in [4.69, 9.17) is 14.2 Å². The summed E-state index contributed by atoms with van der Waals surface area (Å²) in [4.78, 5) is 26.6. The van der Waals surface area contributed by atoms with Crippen molar-refractivity contribution in [1.82, 2.24) is 0 Å². The molecule has 154 valence electrons. The second-order valence-corrected chi connectivity index (χ2v) is 6.52. The van der Waals surface area contributed by atoms with Gasteiger partial charge in [-0.2, -0.15) is 0 Å². The molecule has 0 unspecified atom stereocenters. The van der Waals surface area contributed by atoms with Gasteiger partial charge in [-0.3, -0.25) is 0 Å². The van der Waals surface area contributed by atoms with Gasteiger partial charge >= 0.3 is 11.9 Å². The van der Waals surface area contributed by atoms with Crippen LogP contribution in [0.2, 0.25) is 0 Å². The van der Waals surface area contributed by atoms with Gasteiger partial charge in [0.2, 0.25) is 0 Å². The van der Waals surface area contributed by atoms with Crippen LogP contribution in [0.1, 0.15) is 5.56 Å². The van der Waals surface area contributed by atoms with E-state index in [1.165, 1.54) is 20.3 Å². The number of benzene rings is 2. The van der Waals surface area contributed by atoms with E-state index in [0.29, 0.717) is 11.4 Å². The Kier molecular flexibility index (Phi) is 6.37. The van der Waals surface area contributed by atoms with E-state index in [0.717, 1.165) is 16.7 Å². The van der Waals surface area contributed by atoms with E-state index in [9.17, 15) is 9.59 Å². The Balaban J connectivity index is 2.23. The van der Waals surface area contributed by atoms with Crippen LogP contribution in [-0.4, -0.2) is 33.3 Å². The number of carbonyl (C=O) groups is 2. The second kappa shape index (κ2) is 9.13. The zero-order chi connectivity index (χ0) is 21.7. The maximum Gasteiger partial charge on any atom is 0.355 e. The van der Waals surface area contributed by atoms with E-state index in [2.05, 4.69) is 0 Å². The van der Waals surface area contributed by atoms with Crippen molar-refractivity contribution >= 4 is 17.6 Å². The lowest BCUT2D eigenvalue weighted by Crippen LogP contribution is -2.27. The first-order chi connectivity index (χ1) is 14.5. The molecular formula is C24H23NO5. The zero-order valence-electron chi connectivity index (χ0n) is 17.3. The topological polar surface area (TPSA) is 65.1 Å². The molecule has 1 heterocycles. The number of ether oxygens (including phenoxy) is 3. The molecule has 0 aliphatic carbocycles. The van der Waals surface area contributed by atoms with Gasteiger partial charge in [-0.05, 0) is 47.9 Å². The van der Waals surface area contributed by atoms with Crippen molar-refractivity contribution < 1.29 is 23.8 Å². The standard InChI is InChI=1S/C24H23NO5/c1-16-14-20(21(28-2)15-19(16)17-10-6-5-7-11-17)25-13-9-8-12-18(23(26)29-3)22(25)24(27)30-4/h5-15H,1-4H3. The largest absolute Gasteiger partial charge is 0.495 e. The van der Waals surface area contributed by atoms with E-state index in [1.807, 2.05) is 49.4 Å². The van der Waals surface area contributed by atoms with Crippen LogP contribution in [0.4, 0.5) is 5.69 Å². The van der Waals surface area contributed by atoms with Gasteiger partial charge in [0.05, 0.1) is 32.6 Å². The van der Waals surface area contributed by atoms with Crippen LogP contribution in [0.3, 0.4) is 0 Å². The number of nitrogens with zero attached hydrogens (tertiary/aromatic N) is 1. The first-order valence-corrected chi connectivity index (χ1v) is 9.30. The number of carbonyl (C=O) groups excluding carboxylic acids is 2. The van der Waals surface area contributed by atoms with E-state index in [-0.39, 0.29) is 11.3 Å². The van der Waals surface area contributed by atoms with Crippen molar-refractivity contribution in [3.8, 4) is 16.9 Å². The fourth-order valence-corrected chi connectivity index (χ4v) is 3.30. The highest BCUT2D eigenvalue weighted by atomic mass is 16.5. The summed E-state index contributed by atoms with van der Waals surface area (Å²) in [5, 5.41) is 0. The van der Waals surface area contributed by atoms with Crippen LogP contribution in [-0.2, 0) is 19.1 Å². The Hall–Kier alpha value is -3.80. The molecule has 0 saturated heterocycles. The monoisotopic (exact) mass is 405 g/mol. The Morgan fingerprint density at radius 2 is 1.60 bits per heavy atom. The van der Waals surface area contributed by atoms with Crippen molar-refractivity contribution in [2.24, 2.45) is 0 Å². The molecule has 0 saturated carbocycles. The van der Waals surface area contributed by atoms with Gasteiger partial charge in [-0.25, -0.2) is 9.59 Å². The molecule has 0 spiro atoms. The minimum absolute atomic E-state index is 0.0412. The highest BCUT2D eigenvalue weighted by Crippen LogP contribution is 2.39. The quantitative estimate of drug-likeness (QED) is 0.696. The summed E-state index contributed by atoms with van der Waals surface area (Å²) in [5.74, 6) is -0.771. The molecule has 1 aliphatic rings. The maximum absolute atomic E-state index is 12.7. The lowest BCUT2D eigenvalue weighted by molar-refractivity contribution is -0.139. The van der Waals surface area contributed by atoms with Gasteiger partial charge in [-0.15, -0.1) is 0 Å². The summed E-state index contributed by atoms with van der Waals surface area (Å²) in [5.41, 5.74) is 3.75. The fraction of sp³-hybridized carbons (Fsp3) is 0.167. The minimum Gasteiger partial charge on any atom is -0.495 e. The van der Waals surface area contributed by atoms with Gasteiger partial charge in [-0.1, -0.05) is 36.4 Å². The molecule has 0 amide bonds. The molecule has 30 heavy (non-hydrogen) atoms. The van der Waals surface area contributed by atoms with Gasteiger partial charge in [0.15, 0.2) is 0 Å². The highest BCUT2D eigenvalue weighted by molar-refractivity contribution is 6.05. The van der Waals surface area contributed by atoms with E-state index < -0.39 is 11.9 Å². The van der Waals surface area contributed by atoms with Crippen LogP contribution in [0.5, 0.6) is 5.75 Å². The Labute approximate surface area is 175 Å². The summed E-state index contributed by atoms with van der Waals surface area (Å²) in [7, 11) is 4.09. The Bertz CT molecular complexity index is 1050. The molecule has 0 N–H and O–H groups in total. The predicted molar refractivity (Wildman–Crippen MR) is 115 cm³/mol. The molecule has 0 radical (unpaired) electrons. The fourth-order valence-electron chi connectivity index (χ4n) is 3.30. The Morgan fingerprint density at radius 1 is 0.900 bits per heavy atom. The van der Waals surface area contributed by atoms with Gasteiger partial charge in [0.1, 0.15) is 11.4 Å². The van der Waals surface area contributed by atoms with Crippen molar-refractivity contribution in [3.05, 3.63) is 83.7 Å². The Morgan fingerprint density at radius 3 is 2.23 bits per heavy atom. The lowest BCUT2D eigenvalue weighted by atomic mass is 9.99. The van der Waals surface area contributed by atoms with Crippen LogP contribution in [0, 0.1) is 6.92 Å². The molecule has 2 aromatic carbocycles. The molecule has 1 aliphatic heterocycles. The van der Waals surface area contributed by atoms with Crippen LogP contribution in [0.15, 0.2) is 78.2 Å². The average Bonchev–Trinajstić information content (AvgIpc) is 3.01. The average molecular weight is 405 g/mol. The summed E-state index contributed by atoms with van der Waals surface area (Å²) >= 11 is 0. The number of allylic oxidation sites excluding steroid dienone is 2. The molecule has 2 aromatic rings. The molecule has 0 fully saturated rings. The third-order valence-corrected chi connectivity index (χ3v) is 4.76. The number of methoxy groups -OCH3 is 3. The van der Waals surface area contributed by atoms with E-state index in [1.54, 1.807) is 30.4 Å². The predicted octanol–water partition coefficient (Wildman–Crippen LogP) is 4.16. The number of rotatable bonds is 5. The minimum atomic E-state index is -0.668. The summed E-state index contributed by atoms with van der Waals surface area (Å²) < 4.78 is 15.5. The molecule has 0 bridgehead atoms. The normalized spacial score (nSPS) is 13.1. The van der Waals surface area contributed by atoms with Crippen molar-refractivity contribution in [2.75, 3.05) is 26.2 Å². The molecule has 0 aromatic heterocycles. The third kappa shape index (κ3) is 3.98. The highest BCUT2D eigenvalue weighted by Gasteiger charge is 2.29. The number of esters is 2. The first kappa shape index (κ1) is 20.9. The lowest BCUT2D eigenvalue weighted by Gasteiger charge is -2.26. The van der Waals surface area contributed by atoms with Crippen LogP contribution < -0.4 is 9.64 Å². The third-order valence-electron chi connectivity index (χ3n) is 4.76. The zero-order valence-corrected chi connectivity index (χ0v) is 17.3.